The number of likely N-dealkylation sites (tertiary alicyclic amines) is 1. The molecule has 0 saturated carbocycles. The van der Waals surface area contributed by atoms with Crippen molar-refractivity contribution in [2.45, 2.75) is 19.3 Å². The van der Waals surface area contributed by atoms with Crippen molar-refractivity contribution in [1.82, 2.24) is 15.2 Å². The number of para-hydroxylation sites is 1. The quantitative estimate of drug-likeness (QED) is 0.754. The van der Waals surface area contributed by atoms with Gasteiger partial charge in [0, 0.05) is 42.2 Å². The van der Waals surface area contributed by atoms with Gasteiger partial charge >= 0.3 is 6.03 Å². The standard InChI is InChI=1S/C20H23BrN4O2/c21-17-12-16(13-22-14-17)19(26)23-9-6-15-7-10-25(11-8-15)20(27)24-18-4-2-1-3-5-18/h1-5,12-15H,6-11H2,(H,23,26)(H,24,27). The normalized spacial score (nSPS) is 14.6. The van der Waals surface area contributed by atoms with Crippen molar-refractivity contribution in [2.24, 2.45) is 5.92 Å². The molecule has 2 N–H and O–H groups in total. The maximum Gasteiger partial charge on any atom is 0.321 e. The molecule has 0 spiro atoms. The van der Waals surface area contributed by atoms with Crippen molar-refractivity contribution in [3.8, 4) is 0 Å². The Labute approximate surface area is 167 Å². The molecule has 2 heterocycles. The fraction of sp³-hybridized carbons (Fsp3) is 0.350. The highest BCUT2D eigenvalue weighted by atomic mass is 79.9. The molecular weight excluding hydrogens is 408 g/mol. The van der Waals surface area contributed by atoms with Crippen LogP contribution in [-0.4, -0.2) is 41.5 Å². The molecule has 1 aliphatic rings. The fourth-order valence-corrected chi connectivity index (χ4v) is 3.54. The molecule has 1 fully saturated rings. The molecule has 1 saturated heterocycles. The molecule has 3 amide bonds. The van der Waals surface area contributed by atoms with Gasteiger partial charge in [-0.05, 0) is 59.3 Å². The van der Waals surface area contributed by atoms with E-state index in [2.05, 4.69) is 31.5 Å². The Hall–Kier alpha value is -2.41. The molecule has 1 aliphatic heterocycles. The molecule has 142 valence electrons. The first-order valence-corrected chi connectivity index (χ1v) is 9.91. The maximum absolute atomic E-state index is 12.3. The highest BCUT2D eigenvalue weighted by Gasteiger charge is 2.22. The van der Waals surface area contributed by atoms with Gasteiger partial charge in [0.15, 0.2) is 0 Å². The molecule has 1 aromatic heterocycles. The Balaban J connectivity index is 1.37. The van der Waals surface area contributed by atoms with E-state index in [1.807, 2.05) is 35.2 Å². The van der Waals surface area contributed by atoms with Crippen molar-refractivity contribution in [1.29, 1.82) is 0 Å². The van der Waals surface area contributed by atoms with E-state index in [-0.39, 0.29) is 11.9 Å². The lowest BCUT2D eigenvalue weighted by Gasteiger charge is -2.32. The lowest BCUT2D eigenvalue weighted by Crippen LogP contribution is -2.41. The van der Waals surface area contributed by atoms with Crippen LogP contribution >= 0.6 is 15.9 Å². The number of carbonyl (C=O) groups is 2. The van der Waals surface area contributed by atoms with Crippen LogP contribution in [0.1, 0.15) is 29.6 Å². The van der Waals surface area contributed by atoms with E-state index >= 15 is 0 Å². The summed E-state index contributed by atoms with van der Waals surface area (Å²) in [5, 5.41) is 5.87. The third-order valence-corrected chi connectivity index (χ3v) is 5.17. The summed E-state index contributed by atoms with van der Waals surface area (Å²) in [5.41, 5.74) is 1.37. The summed E-state index contributed by atoms with van der Waals surface area (Å²) >= 11 is 3.32. The molecule has 7 heteroatoms. The topological polar surface area (TPSA) is 74.3 Å². The molecule has 27 heavy (non-hydrogen) atoms. The van der Waals surface area contributed by atoms with E-state index in [0.29, 0.717) is 18.0 Å². The van der Waals surface area contributed by atoms with Crippen LogP contribution in [0, 0.1) is 5.92 Å². The number of hydrogen-bond acceptors (Lipinski definition) is 3. The first kappa shape index (κ1) is 19.4. The highest BCUT2D eigenvalue weighted by molar-refractivity contribution is 9.10. The van der Waals surface area contributed by atoms with Gasteiger partial charge in [-0.1, -0.05) is 18.2 Å². The number of hydrogen-bond donors (Lipinski definition) is 2. The molecule has 3 rings (SSSR count). The Morgan fingerprint density at radius 2 is 1.89 bits per heavy atom. The number of aromatic nitrogens is 1. The molecule has 0 aliphatic carbocycles. The van der Waals surface area contributed by atoms with E-state index in [0.717, 1.165) is 42.5 Å². The van der Waals surface area contributed by atoms with Gasteiger partial charge in [0.1, 0.15) is 0 Å². The van der Waals surface area contributed by atoms with Crippen LogP contribution in [0.15, 0.2) is 53.3 Å². The molecule has 6 nitrogen and oxygen atoms in total. The van der Waals surface area contributed by atoms with Gasteiger partial charge < -0.3 is 15.5 Å². The lowest BCUT2D eigenvalue weighted by molar-refractivity contribution is 0.0949. The third kappa shape index (κ3) is 5.79. The Morgan fingerprint density at radius 1 is 1.15 bits per heavy atom. The van der Waals surface area contributed by atoms with Crippen molar-refractivity contribution in [2.75, 3.05) is 25.0 Å². The summed E-state index contributed by atoms with van der Waals surface area (Å²) in [7, 11) is 0. The monoisotopic (exact) mass is 430 g/mol. The summed E-state index contributed by atoms with van der Waals surface area (Å²) in [4.78, 5) is 30.3. The van der Waals surface area contributed by atoms with Crippen molar-refractivity contribution < 1.29 is 9.59 Å². The second-order valence-electron chi connectivity index (χ2n) is 6.66. The van der Waals surface area contributed by atoms with Crippen LogP contribution in [0.4, 0.5) is 10.5 Å². The molecule has 0 unspecified atom stereocenters. The number of rotatable bonds is 5. The second-order valence-corrected chi connectivity index (χ2v) is 7.58. The molecule has 1 aromatic carbocycles. The van der Waals surface area contributed by atoms with E-state index in [1.54, 1.807) is 18.5 Å². The smallest absolute Gasteiger partial charge is 0.321 e. The first-order valence-electron chi connectivity index (χ1n) is 9.11. The van der Waals surface area contributed by atoms with Gasteiger partial charge in [0.2, 0.25) is 0 Å². The minimum absolute atomic E-state index is 0.0462. The van der Waals surface area contributed by atoms with E-state index in [9.17, 15) is 9.59 Å². The van der Waals surface area contributed by atoms with Gasteiger partial charge in [-0.2, -0.15) is 0 Å². The summed E-state index contributed by atoms with van der Waals surface area (Å²) < 4.78 is 0.788. The summed E-state index contributed by atoms with van der Waals surface area (Å²) in [6.07, 6.45) is 6.04. The van der Waals surface area contributed by atoms with Crippen LogP contribution in [0.2, 0.25) is 0 Å². The third-order valence-electron chi connectivity index (χ3n) is 4.73. The number of halogens is 1. The lowest BCUT2D eigenvalue weighted by atomic mass is 9.93. The highest BCUT2D eigenvalue weighted by Crippen LogP contribution is 2.21. The number of piperidine rings is 1. The number of pyridine rings is 1. The van der Waals surface area contributed by atoms with Gasteiger partial charge in [-0.3, -0.25) is 9.78 Å². The number of nitrogens with zero attached hydrogens (tertiary/aromatic N) is 2. The predicted octanol–water partition coefficient (Wildman–Crippen LogP) is 3.91. The number of amides is 3. The Kier molecular flexibility index (Phi) is 6.81. The van der Waals surface area contributed by atoms with E-state index in [1.165, 1.54) is 0 Å². The van der Waals surface area contributed by atoms with Crippen LogP contribution in [-0.2, 0) is 0 Å². The largest absolute Gasteiger partial charge is 0.352 e. The summed E-state index contributed by atoms with van der Waals surface area (Å²) in [5.74, 6) is 0.412. The van der Waals surface area contributed by atoms with Crippen molar-refractivity contribution in [3.05, 3.63) is 58.8 Å². The van der Waals surface area contributed by atoms with Crippen LogP contribution in [0.5, 0.6) is 0 Å². The zero-order valence-corrected chi connectivity index (χ0v) is 16.6. The molecule has 0 atom stereocenters. The molecule has 2 aromatic rings. The average molecular weight is 431 g/mol. The Morgan fingerprint density at radius 3 is 2.59 bits per heavy atom. The van der Waals surface area contributed by atoms with Gasteiger partial charge in [0.25, 0.3) is 5.91 Å². The minimum atomic E-state index is -0.108. The second kappa shape index (κ2) is 9.50. The van der Waals surface area contributed by atoms with Crippen molar-refractivity contribution >= 4 is 33.6 Å². The molecular formula is C20H23BrN4O2. The Bertz CT molecular complexity index is 777. The average Bonchev–Trinajstić information content (AvgIpc) is 2.69. The van der Waals surface area contributed by atoms with Crippen LogP contribution in [0.3, 0.4) is 0 Å². The molecule has 0 radical (unpaired) electrons. The number of carbonyl (C=O) groups excluding carboxylic acids is 2. The zero-order chi connectivity index (χ0) is 19.1. The van der Waals surface area contributed by atoms with E-state index < -0.39 is 0 Å². The summed E-state index contributed by atoms with van der Waals surface area (Å²) in [6, 6.07) is 11.2. The van der Waals surface area contributed by atoms with E-state index in [4.69, 9.17) is 0 Å². The van der Waals surface area contributed by atoms with Crippen LogP contribution < -0.4 is 10.6 Å². The number of anilines is 1. The zero-order valence-electron chi connectivity index (χ0n) is 15.0. The minimum Gasteiger partial charge on any atom is -0.352 e. The summed E-state index contributed by atoms with van der Waals surface area (Å²) in [6.45, 7) is 2.12. The number of benzene rings is 1. The van der Waals surface area contributed by atoms with Crippen LogP contribution in [0.25, 0.3) is 0 Å². The number of nitrogens with one attached hydrogen (secondary N) is 2. The van der Waals surface area contributed by atoms with Gasteiger partial charge in [-0.15, -0.1) is 0 Å². The first-order chi connectivity index (χ1) is 13.1. The predicted molar refractivity (Wildman–Crippen MR) is 109 cm³/mol. The molecule has 0 bridgehead atoms. The maximum atomic E-state index is 12.3. The van der Waals surface area contributed by atoms with Gasteiger partial charge in [0.05, 0.1) is 5.56 Å². The number of urea groups is 1. The fourth-order valence-electron chi connectivity index (χ4n) is 3.18. The van der Waals surface area contributed by atoms with Crippen molar-refractivity contribution in [3.63, 3.8) is 0 Å². The van der Waals surface area contributed by atoms with Gasteiger partial charge in [-0.25, -0.2) is 4.79 Å². The SMILES string of the molecule is O=C(NCCC1CCN(C(=O)Nc2ccccc2)CC1)c1cncc(Br)c1.